The maximum atomic E-state index is 12.7. The number of hydrogen-bond acceptors (Lipinski definition) is 12. The van der Waals surface area contributed by atoms with Crippen LogP contribution in [0.2, 0.25) is 0 Å². The zero-order valence-electron chi connectivity index (χ0n) is 16.0. The van der Waals surface area contributed by atoms with E-state index in [-0.39, 0.29) is 5.56 Å². The first-order chi connectivity index (χ1) is 15.1. The molecule has 0 bridgehead atoms. The molecule has 0 unspecified atom stereocenters. The van der Waals surface area contributed by atoms with Gasteiger partial charge >= 0.3 is 0 Å². The second-order valence-electron chi connectivity index (χ2n) is 7.13. The van der Waals surface area contributed by atoms with E-state index < -0.39 is 87.9 Å². The molecular weight excluding hydrogens is 432 g/mol. The molecule has 3 aromatic rings. The first kappa shape index (κ1) is 21.5. The van der Waals surface area contributed by atoms with Gasteiger partial charge in [0.2, 0.25) is 23.2 Å². The highest BCUT2D eigenvalue weighted by Gasteiger charge is 2.40. The average Bonchev–Trinajstić information content (AvgIpc) is 2.74. The third kappa shape index (κ3) is 3.40. The fourth-order valence-corrected chi connectivity index (χ4v) is 3.28. The van der Waals surface area contributed by atoms with Crippen molar-refractivity contribution in [2.24, 2.45) is 0 Å². The van der Waals surface area contributed by atoms with Crippen LogP contribution >= 0.6 is 0 Å². The Morgan fingerprint density at radius 2 is 1.59 bits per heavy atom. The molecule has 0 spiro atoms. The zero-order valence-corrected chi connectivity index (χ0v) is 16.0. The molecule has 0 aliphatic carbocycles. The Labute approximate surface area is 178 Å². The lowest BCUT2D eigenvalue weighted by Crippen LogP contribution is -2.54. The number of phenolic OH excluding ortho intramolecular Hbond substituents is 4. The maximum Gasteiger partial charge on any atom is 0.238 e. The highest BCUT2D eigenvalue weighted by atomic mass is 16.7. The van der Waals surface area contributed by atoms with Gasteiger partial charge in [-0.25, -0.2) is 0 Å². The first-order valence-electron chi connectivity index (χ1n) is 9.19. The molecule has 0 saturated carbocycles. The number of aliphatic hydroxyl groups is 3. The summed E-state index contributed by atoms with van der Waals surface area (Å²) in [5.41, 5.74) is -1.71. The van der Waals surface area contributed by atoms with Crippen LogP contribution in [0.5, 0.6) is 34.5 Å². The summed E-state index contributed by atoms with van der Waals surface area (Å²) in [7, 11) is 0. The minimum absolute atomic E-state index is 0.0434. The van der Waals surface area contributed by atoms with Crippen molar-refractivity contribution in [2.75, 3.05) is 6.61 Å². The maximum absolute atomic E-state index is 12.7. The molecule has 2 aromatic carbocycles. The summed E-state index contributed by atoms with van der Waals surface area (Å²) in [6.07, 6.45) is -6.38. The normalized spacial score (nSPS) is 23.3. The van der Waals surface area contributed by atoms with Crippen molar-refractivity contribution in [1.29, 1.82) is 0 Å². The van der Waals surface area contributed by atoms with Crippen molar-refractivity contribution in [3.05, 3.63) is 34.5 Å². The number of hydrogen-bond donors (Lipinski definition) is 8. The van der Waals surface area contributed by atoms with Crippen molar-refractivity contribution in [3.8, 4) is 45.8 Å². The standard InChI is InChI=1S/C20H18O12/c21-7-2-1-6(3-8(7)22)17-15(28)14(27)12-9(23)4-10(24)18(19(12)31-17)32-20-16(29)13(26)11(25)5-30-20/h1-4,11,13,16,20-26,28-29H,5H2/t11-,13+,16-,20+/m1/s1. The van der Waals surface area contributed by atoms with Gasteiger partial charge in [0.1, 0.15) is 29.4 Å². The molecule has 2 heterocycles. The number of aliphatic hydroxyl groups excluding tert-OH is 3. The van der Waals surface area contributed by atoms with E-state index in [4.69, 9.17) is 13.9 Å². The van der Waals surface area contributed by atoms with Crippen molar-refractivity contribution in [1.82, 2.24) is 0 Å². The van der Waals surface area contributed by atoms with Gasteiger partial charge in [-0.2, -0.15) is 0 Å². The molecule has 32 heavy (non-hydrogen) atoms. The zero-order chi connectivity index (χ0) is 23.3. The number of benzene rings is 2. The summed E-state index contributed by atoms with van der Waals surface area (Å²) >= 11 is 0. The van der Waals surface area contributed by atoms with Crippen LogP contribution in [0.25, 0.3) is 22.3 Å². The first-order valence-corrected chi connectivity index (χ1v) is 9.19. The summed E-state index contributed by atoms with van der Waals surface area (Å²) in [4.78, 5) is 12.7. The molecule has 4 rings (SSSR count). The Bertz CT molecular complexity index is 1250. The van der Waals surface area contributed by atoms with Gasteiger partial charge < -0.3 is 54.7 Å². The Kier molecular flexibility index (Phi) is 5.22. The van der Waals surface area contributed by atoms with Crippen molar-refractivity contribution >= 4 is 11.0 Å². The third-order valence-corrected chi connectivity index (χ3v) is 4.98. The summed E-state index contributed by atoms with van der Waals surface area (Å²) in [5.74, 6) is -4.55. The highest BCUT2D eigenvalue weighted by Crippen LogP contribution is 2.44. The minimum atomic E-state index is -1.75. The van der Waals surface area contributed by atoms with Gasteiger partial charge in [-0.3, -0.25) is 4.79 Å². The molecule has 1 fully saturated rings. The fraction of sp³-hybridized carbons (Fsp3) is 0.250. The summed E-state index contributed by atoms with van der Waals surface area (Å²) in [6.45, 7) is -0.414. The monoisotopic (exact) mass is 450 g/mol. The molecule has 1 aliphatic rings. The van der Waals surface area contributed by atoms with Gasteiger partial charge in [-0.1, -0.05) is 0 Å². The van der Waals surface area contributed by atoms with E-state index in [0.29, 0.717) is 0 Å². The minimum Gasteiger partial charge on any atom is -0.507 e. The van der Waals surface area contributed by atoms with Crippen molar-refractivity contribution in [3.63, 3.8) is 0 Å². The van der Waals surface area contributed by atoms with Gasteiger partial charge in [-0.15, -0.1) is 0 Å². The number of phenols is 4. The third-order valence-electron chi connectivity index (χ3n) is 4.98. The van der Waals surface area contributed by atoms with Crippen LogP contribution in [0, 0.1) is 0 Å². The van der Waals surface area contributed by atoms with Crippen LogP contribution in [-0.4, -0.2) is 72.1 Å². The second-order valence-corrected chi connectivity index (χ2v) is 7.13. The molecule has 4 atom stereocenters. The second kappa shape index (κ2) is 7.76. The van der Waals surface area contributed by atoms with E-state index in [1.54, 1.807) is 0 Å². The quantitative estimate of drug-likeness (QED) is 0.244. The van der Waals surface area contributed by atoms with Crippen LogP contribution < -0.4 is 10.2 Å². The Morgan fingerprint density at radius 3 is 2.28 bits per heavy atom. The molecule has 8 N–H and O–H groups in total. The lowest BCUT2D eigenvalue weighted by atomic mass is 10.1. The largest absolute Gasteiger partial charge is 0.507 e. The van der Waals surface area contributed by atoms with Crippen LogP contribution in [0.1, 0.15) is 0 Å². The predicted molar refractivity (Wildman–Crippen MR) is 105 cm³/mol. The van der Waals surface area contributed by atoms with Gasteiger partial charge in [0.25, 0.3) is 0 Å². The highest BCUT2D eigenvalue weighted by molar-refractivity contribution is 5.93. The van der Waals surface area contributed by atoms with Gasteiger partial charge in [0.05, 0.1) is 6.61 Å². The van der Waals surface area contributed by atoms with E-state index in [9.17, 15) is 45.6 Å². The summed E-state index contributed by atoms with van der Waals surface area (Å²) < 4.78 is 16.1. The molecule has 170 valence electrons. The van der Waals surface area contributed by atoms with Crippen LogP contribution in [0.15, 0.2) is 33.5 Å². The Morgan fingerprint density at radius 1 is 0.875 bits per heavy atom. The topological polar surface area (TPSA) is 211 Å². The molecule has 12 heteroatoms. The smallest absolute Gasteiger partial charge is 0.238 e. The number of fused-ring (bicyclic) bond motifs is 1. The predicted octanol–water partition coefficient (Wildman–Crippen LogP) is -0.194. The number of ether oxygens (including phenoxy) is 2. The average molecular weight is 450 g/mol. The van der Waals surface area contributed by atoms with E-state index in [1.165, 1.54) is 6.07 Å². The van der Waals surface area contributed by atoms with Gasteiger partial charge in [0, 0.05) is 11.6 Å². The Hall–Kier alpha value is -3.71. The Balaban J connectivity index is 1.91. The lowest BCUT2D eigenvalue weighted by molar-refractivity contribution is -0.242. The van der Waals surface area contributed by atoms with Gasteiger partial charge in [-0.05, 0) is 18.2 Å². The van der Waals surface area contributed by atoms with Crippen molar-refractivity contribution < 1.29 is 54.7 Å². The van der Waals surface area contributed by atoms with E-state index >= 15 is 0 Å². The molecule has 1 aromatic heterocycles. The lowest BCUT2D eigenvalue weighted by Gasteiger charge is -2.35. The van der Waals surface area contributed by atoms with Gasteiger partial charge in [0.15, 0.2) is 28.6 Å². The van der Waals surface area contributed by atoms with Crippen molar-refractivity contribution in [2.45, 2.75) is 24.6 Å². The molecule has 0 amide bonds. The van der Waals surface area contributed by atoms with E-state index in [1.807, 2.05) is 0 Å². The summed E-state index contributed by atoms with van der Waals surface area (Å²) in [6, 6.07) is 4.02. The van der Waals surface area contributed by atoms with E-state index in [0.717, 1.165) is 18.2 Å². The van der Waals surface area contributed by atoms with E-state index in [2.05, 4.69) is 0 Å². The SMILES string of the molecule is O=c1c(O)c(-c2ccc(O)c(O)c2)oc2c(O[C@@H]3OC[C@@H](O)[C@H](O)[C@H]3O)c(O)cc(O)c12. The molecule has 1 aliphatic heterocycles. The molecule has 0 radical (unpaired) electrons. The number of rotatable bonds is 3. The fourth-order valence-electron chi connectivity index (χ4n) is 3.28. The van der Waals surface area contributed by atoms with Crippen LogP contribution in [-0.2, 0) is 4.74 Å². The van der Waals surface area contributed by atoms with Crippen LogP contribution in [0.3, 0.4) is 0 Å². The number of aromatic hydroxyl groups is 5. The van der Waals surface area contributed by atoms with Crippen LogP contribution in [0.4, 0.5) is 0 Å². The molecule has 12 nitrogen and oxygen atoms in total. The molecule has 1 saturated heterocycles. The summed E-state index contributed by atoms with van der Waals surface area (Å²) in [5, 5.41) is 78.9. The molecular formula is C20H18O12.